The SMILES string of the molecule is Cc1c(C=Nc2ccc(C(=O)O)cc2)c(O)n([C@@H]2CCS(=O)(=O)C2)c(=O)c1C#N. The standard InChI is InChI=1S/C19H17N3O6S/c1-11-15(8-20)17(23)22(14-6-7-29(27,28)10-14)18(24)16(11)9-21-13-4-2-12(3-5-13)19(25)26/h2-5,9,14,24H,6-7,10H2,1H3,(H,25,26)/t14-/m1/s1. The summed E-state index contributed by atoms with van der Waals surface area (Å²) in [5.41, 5.74) is -0.118. The summed E-state index contributed by atoms with van der Waals surface area (Å²) in [6.45, 7) is 1.49. The van der Waals surface area contributed by atoms with Gasteiger partial charge in [-0.3, -0.25) is 14.4 Å². The van der Waals surface area contributed by atoms with E-state index in [9.17, 15) is 28.4 Å². The molecule has 0 bridgehead atoms. The van der Waals surface area contributed by atoms with E-state index in [0.29, 0.717) is 5.69 Å². The van der Waals surface area contributed by atoms with Gasteiger partial charge in [0.15, 0.2) is 9.84 Å². The molecule has 1 aromatic heterocycles. The van der Waals surface area contributed by atoms with Crippen molar-refractivity contribution in [2.24, 2.45) is 4.99 Å². The summed E-state index contributed by atoms with van der Waals surface area (Å²) in [6, 6.07) is 6.73. The van der Waals surface area contributed by atoms with Crippen molar-refractivity contribution >= 4 is 27.7 Å². The largest absolute Gasteiger partial charge is 0.494 e. The number of nitriles is 1. The molecule has 3 rings (SSSR count). The highest BCUT2D eigenvalue weighted by Crippen LogP contribution is 2.29. The lowest BCUT2D eigenvalue weighted by atomic mass is 10.0. The maximum Gasteiger partial charge on any atom is 0.335 e. The van der Waals surface area contributed by atoms with Gasteiger partial charge >= 0.3 is 5.97 Å². The Kier molecular flexibility index (Phi) is 5.26. The summed E-state index contributed by atoms with van der Waals surface area (Å²) in [6.07, 6.45) is 1.43. The highest BCUT2D eigenvalue weighted by atomic mass is 32.2. The van der Waals surface area contributed by atoms with Crippen LogP contribution in [0.4, 0.5) is 5.69 Å². The molecule has 1 saturated heterocycles. The zero-order chi connectivity index (χ0) is 21.3. The van der Waals surface area contributed by atoms with Crippen LogP contribution in [0, 0.1) is 18.3 Å². The lowest BCUT2D eigenvalue weighted by Gasteiger charge is -2.18. The second kappa shape index (κ2) is 7.52. The second-order valence-corrected chi connectivity index (χ2v) is 8.92. The average Bonchev–Trinajstić information content (AvgIpc) is 3.01. The highest BCUT2D eigenvalue weighted by Gasteiger charge is 2.33. The van der Waals surface area contributed by atoms with Gasteiger partial charge in [-0.1, -0.05) is 0 Å². The highest BCUT2D eigenvalue weighted by molar-refractivity contribution is 7.91. The molecule has 0 saturated carbocycles. The van der Waals surface area contributed by atoms with Crippen molar-refractivity contribution in [1.29, 1.82) is 5.26 Å². The molecule has 0 aliphatic carbocycles. The number of aromatic nitrogens is 1. The Morgan fingerprint density at radius 3 is 2.52 bits per heavy atom. The zero-order valence-electron chi connectivity index (χ0n) is 15.4. The minimum atomic E-state index is -3.32. The van der Waals surface area contributed by atoms with Gasteiger partial charge in [-0.25, -0.2) is 13.2 Å². The van der Waals surface area contributed by atoms with E-state index in [4.69, 9.17) is 5.11 Å². The maximum atomic E-state index is 12.7. The summed E-state index contributed by atoms with van der Waals surface area (Å²) in [4.78, 5) is 27.7. The molecule has 1 aliphatic heterocycles. The van der Waals surface area contributed by atoms with Crippen LogP contribution in [0.25, 0.3) is 0 Å². The number of aromatic hydroxyl groups is 1. The number of hydrogen-bond donors (Lipinski definition) is 2. The molecule has 1 aliphatic rings. The number of benzene rings is 1. The average molecular weight is 415 g/mol. The van der Waals surface area contributed by atoms with Crippen molar-refractivity contribution in [2.75, 3.05) is 11.5 Å². The van der Waals surface area contributed by atoms with Crippen LogP contribution in [0.2, 0.25) is 0 Å². The first-order valence-corrected chi connectivity index (χ1v) is 10.4. The Morgan fingerprint density at radius 2 is 2.00 bits per heavy atom. The predicted molar refractivity (Wildman–Crippen MR) is 105 cm³/mol. The minimum Gasteiger partial charge on any atom is -0.494 e. The smallest absolute Gasteiger partial charge is 0.335 e. The molecule has 0 amide bonds. The normalized spacial score (nSPS) is 18.0. The number of carboxylic acids is 1. The van der Waals surface area contributed by atoms with Crippen molar-refractivity contribution in [3.8, 4) is 11.9 Å². The summed E-state index contributed by atoms with van der Waals surface area (Å²) in [5.74, 6) is -1.92. The number of aliphatic imine (C=N–C) groups is 1. The van der Waals surface area contributed by atoms with Crippen molar-refractivity contribution in [3.05, 3.63) is 56.9 Å². The molecule has 2 aromatic rings. The second-order valence-electron chi connectivity index (χ2n) is 6.69. The summed E-state index contributed by atoms with van der Waals surface area (Å²) < 4.78 is 24.5. The fraction of sp³-hybridized carbons (Fsp3) is 0.263. The van der Waals surface area contributed by atoms with Gasteiger partial charge in [-0.2, -0.15) is 5.26 Å². The third-order valence-corrected chi connectivity index (χ3v) is 6.57. The number of carbonyl (C=O) groups is 1. The molecule has 9 nitrogen and oxygen atoms in total. The molecule has 2 N–H and O–H groups in total. The van der Waals surface area contributed by atoms with Crippen LogP contribution in [0.15, 0.2) is 34.1 Å². The maximum absolute atomic E-state index is 12.7. The first-order valence-electron chi connectivity index (χ1n) is 8.60. The number of carboxylic acid groups (broad SMARTS) is 1. The monoisotopic (exact) mass is 415 g/mol. The topological polar surface area (TPSA) is 150 Å². The molecule has 0 radical (unpaired) electrons. The van der Waals surface area contributed by atoms with E-state index in [2.05, 4.69) is 4.99 Å². The molecule has 0 unspecified atom stereocenters. The molecule has 0 spiro atoms. The van der Waals surface area contributed by atoms with E-state index < -0.39 is 33.3 Å². The first kappa shape index (κ1) is 20.3. The summed E-state index contributed by atoms with van der Waals surface area (Å²) in [5, 5.41) is 29.0. The molecule has 1 fully saturated rings. The fourth-order valence-electron chi connectivity index (χ4n) is 3.24. The molecule has 1 atom stereocenters. The van der Waals surface area contributed by atoms with Gasteiger partial charge in [0.2, 0.25) is 5.88 Å². The number of pyridine rings is 1. The molecule has 150 valence electrons. The van der Waals surface area contributed by atoms with Crippen LogP contribution in [0.5, 0.6) is 5.88 Å². The van der Waals surface area contributed by atoms with Gasteiger partial charge < -0.3 is 10.2 Å². The van der Waals surface area contributed by atoms with Crippen molar-refractivity contribution in [2.45, 2.75) is 19.4 Å². The third-order valence-electron chi connectivity index (χ3n) is 4.82. The number of rotatable bonds is 4. The Balaban J connectivity index is 2.09. The molecular formula is C19H17N3O6S. The van der Waals surface area contributed by atoms with Crippen molar-refractivity contribution in [1.82, 2.24) is 4.57 Å². The van der Waals surface area contributed by atoms with Crippen molar-refractivity contribution in [3.63, 3.8) is 0 Å². The Bertz CT molecular complexity index is 1220. The quantitative estimate of drug-likeness (QED) is 0.719. The molecule has 1 aromatic carbocycles. The summed E-state index contributed by atoms with van der Waals surface area (Å²) in [7, 11) is -3.32. The number of hydrogen-bond acceptors (Lipinski definition) is 7. The van der Waals surface area contributed by atoms with Gasteiger partial charge in [0.05, 0.1) is 34.4 Å². The van der Waals surface area contributed by atoms with E-state index in [0.717, 1.165) is 4.57 Å². The molecule has 10 heteroatoms. The van der Waals surface area contributed by atoms with Crippen LogP contribution in [0.3, 0.4) is 0 Å². The van der Waals surface area contributed by atoms with Crippen LogP contribution in [0.1, 0.15) is 39.5 Å². The lowest BCUT2D eigenvalue weighted by Crippen LogP contribution is -2.29. The van der Waals surface area contributed by atoms with E-state index in [1.807, 2.05) is 6.07 Å². The number of aromatic carboxylic acids is 1. The van der Waals surface area contributed by atoms with Gasteiger partial charge in [-0.15, -0.1) is 0 Å². The zero-order valence-corrected chi connectivity index (χ0v) is 16.2. The van der Waals surface area contributed by atoms with E-state index in [1.54, 1.807) is 0 Å². The van der Waals surface area contributed by atoms with Crippen LogP contribution in [-0.4, -0.2) is 46.9 Å². The van der Waals surface area contributed by atoms with Gasteiger partial charge in [0.25, 0.3) is 5.56 Å². The Labute approximate surface area is 166 Å². The first-order chi connectivity index (χ1) is 13.6. The van der Waals surface area contributed by atoms with Crippen LogP contribution < -0.4 is 5.56 Å². The predicted octanol–water partition coefficient (Wildman–Crippen LogP) is 1.54. The molecule has 29 heavy (non-hydrogen) atoms. The van der Waals surface area contributed by atoms with Crippen molar-refractivity contribution < 1.29 is 23.4 Å². The van der Waals surface area contributed by atoms with Crippen LogP contribution >= 0.6 is 0 Å². The summed E-state index contributed by atoms with van der Waals surface area (Å²) >= 11 is 0. The number of nitrogens with zero attached hydrogens (tertiary/aromatic N) is 3. The third kappa shape index (κ3) is 3.90. The van der Waals surface area contributed by atoms with Crippen LogP contribution in [-0.2, 0) is 9.84 Å². The Morgan fingerprint density at radius 1 is 1.34 bits per heavy atom. The van der Waals surface area contributed by atoms with E-state index in [-0.39, 0.29) is 40.2 Å². The number of sulfone groups is 1. The lowest BCUT2D eigenvalue weighted by molar-refractivity contribution is 0.0697. The fourth-order valence-corrected chi connectivity index (χ4v) is 4.94. The Hall–Kier alpha value is -3.45. The minimum absolute atomic E-state index is 0.0886. The van der Waals surface area contributed by atoms with Gasteiger partial charge in [0, 0.05) is 6.21 Å². The van der Waals surface area contributed by atoms with E-state index in [1.165, 1.54) is 37.4 Å². The van der Waals surface area contributed by atoms with Gasteiger partial charge in [0.1, 0.15) is 11.6 Å². The van der Waals surface area contributed by atoms with E-state index >= 15 is 0 Å². The molecule has 2 heterocycles. The molecular weight excluding hydrogens is 398 g/mol. The van der Waals surface area contributed by atoms with Gasteiger partial charge in [-0.05, 0) is 43.2 Å².